The normalized spacial score (nSPS) is 23.0. The first kappa shape index (κ1) is 51.9. The Morgan fingerprint density at radius 3 is 1.22 bits per heavy atom. The summed E-state index contributed by atoms with van der Waals surface area (Å²) in [6, 6.07) is 0. The minimum atomic E-state index is -4.60. The van der Waals surface area contributed by atoms with E-state index in [4.69, 9.17) is 14.0 Å². The third-order valence-corrected chi connectivity index (χ3v) is 12.2. The van der Waals surface area contributed by atoms with E-state index in [1.54, 1.807) is 0 Å². The topological polar surface area (TPSA) is 200 Å². The second-order valence-corrected chi connectivity index (χ2v) is 17.9. The molecule has 0 heterocycles. The number of carbonyl (C=O) groups excluding carboxylic acids is 2. The van der Waals surface area contributed by atoms with Gasteiger partial charge in [-0.05, 0) is 19.3 Å². The number of ether oxygens (including phenoxy) is 2. The third-order valence-electron chi connectivity index (χ3n) is 10.8. The first-order valence-electron chi connectivity index (χ1n) is 22.2. The third kappa shape index (κ3) is 25.8. The first-order chi connectivity index (χ1) is 26.4. The van der Waals surface area contributed by atoms with Crippen molar-refractivity contribution < 1.29 is 58.6 Å². The fourth-order valence-electron chi connectivity index (χ4n) is 7.12. The monoisotopic (exact) mass is 809 g/mol. The van der Waals surface area contributed by atoms with Crippen LogP contribution in [0.2, 0.25) is 0 Å². The molecule has 1 aliphatic rings. The molecule has 1 fully saturated rings. The molecule has 0 bridgehead atoms. The summed E-state index contributed by atoms with van der Waals surface area (Å²) in [6.45, 7) is 4.15. The molecule has 0 aromatic carbocycles. The Kier molecular flexibility index (Phi) is 31.0. The Morgan fingerprint density at radius 1 is 0.509 bits per heavy atom. The molecule has 0 aliphatic heterocycles. The molecule has 6 N–H and O–H groups in total. The molecular formula is C42H81O12P. The van der Waals surface area contributed by atoms with Crippen molar-refractivity contribution in [1.82, 2.24) is 0 Å². The number of aliphatic hydroxyl groups is 5. The number of rotatable bonds is 36. The molecule has 326 valence electrons. The summed E-state index contributed by atoms with van der Waals surface area (Å²) in [5, 5.41) is 50.2. The van der Waals surface area contributed by atoms with E-state index in [0.29, 0.717) is 12.8 Å². The predicted molar refractivity (Wildman–Crippen MR) is 216 cm³/mol. The maximum absolute atomic E-state index is 13.0. The molecule has 4 unspecified atom stereocenters. The van der Waals surface area contributed by atoms with E-state index in [1.165, 1.54) is 116 Å². The van der Waals surface area contributed by atoms with Crippen LogP contribution in [0.25, 0.3) is 0 Å². The average molecular weight is 809 g/mol. The second-order valence-electron chi connectivity index (χ2n) is 16.0. The van der Waals surface area contributed by atoms with Crippen LogP contribution in [-0.4, -0.2) is 97.9 Å². The largest absolute Gasteiger partial charge is 0.462 e. The van der Waals surface area contributed by atoms with Gasteiger partial charge in [0.05, 0.1) is 6.16 Å². The van der Waals surface area contributed by atoms with Gasteiger partial charge in [0.1, 0.15) is 49.3 Å². The maximum atomic E-state index is 13.0. The van der Waals surface area contributed by atoms with Crippen molar-refractivity contribution in [2.24, 2.45) is 0 Å². The fraction of sp³-hybridized carbons (Fsp3) is 0.952. The highest BCUT2D eigenvalue weighted by atomic mass is 31.2. The van der Waals surface area contributed by atoms with Crippen LogP contribution in [0.4, 0.5) is 0 Å². The molecule has 0 radical (unpaired) electrons. The van der Waals surface area contributed by atoms with Crippen molar-refractivity contribution in [2.45, 2.75) is 243 Å². The van der Waals surface area contributed by atoms with Gasteiger partial charge in [0, 0.05) is 12.8 Å². The van der Waals surface area contributed by atoms with Gasteiger partial charge in [0.2, 0.25) is 0 Å². The van der Waals surface area contributed by atoms with Crippen LogP contribution in [0.1, 0.15) is 200 Å². The molecule has 0 saturated heterocycles. The van der Waals surface area contributed by atoms with Gasteiger partial charge in [-0.25, -0.2) is 0 Å². The van der Waals surface area contributed by atoms with Gasteiger partial charge in [0.15, 0.2) is 0 Å². The molecule has 55 heavy (non-hydrogen) atoms. The van der Waals surface area contributed by atoms with E-state index in [0.717, 1.165) is 38.5 Å². The van der Waals surface area contributed by atoms with Gasteiger partial charge in [-0.3, -0.25) is 18.7 Å². The second kappa shape index (κ2) is 32.8. The highest BCUT2D eigenvalue weighted by Crippen LogP contribution is 2.46. The van der Waals surface area contributed by atoms with Gasteiger partial charge in [-0.2, -0.15) is 0 Å². The lowest BCUT2D eigenvalue weighted by atomic mass is 9.85. The van der Waals surface area contributed by atoms with E-state index >= 15 is 0 Å². The molecule has 12 nitrogen and oxygen atoms in total. The molecule has 1 aliphatic carbocycles. The van der Waals surface area contributed by atoms with E-state index < -0.39 is 68.4 Å². The summed E-state index contributed by atoms with van der Waals surface area (Å²) in [6.07, 6.45) is 17.7. The molecular weight excluding hydrogens is 727 g/mol. The van der Waals surface area contributed by atoms with E-state index in [9.17, 15) is 44.6 Å². The zero-order chi connectivity index (χ0) is 40.7. The first-order valence-corrected chi connectivity index (χ1v) is 23.9. The zero-order valence-corrected chi connectivity index (χ0v) is 35.4. The lowest BCUT2D eigenvalue weighted by molar-refractivity contribution is -0.218. The number of unbranched alkanes of at least 4 members (excludes halogenated alkanes) is 24. The highest BCUT2D eigenvalue weighted by Gasteiger charge is 2.51. The smallest absolute Gasteiger partial charge is 0.328 e. The summed E-state index contributed by atoms with van der Waals surface area (Å²) >= 11 is 0. The molecule has 0 aromatic heterocycles. The Bertz CT molecular complexity index is 984. The molecule has 0 aromatic rings. The van der Waals surface area contributed by atoms with Crippen LogP contribution in [0.5, 0.6) is 0 Å². The van der Waals surface area contributed by atoms with E-state index in [2.05, 4.69) is 13.8 Å². The van der Waals surface area contributed by atoms with Crippen molar-refractivity contribution in [3.8, 4) is 0 Å². The molecule has 8 atom stereocenters. The molecule has 0 amide bonds. The summed E-state index contributed by atoms with van der Waals surface area (Å²) < 4.78 is 29.1. The Morgan fingerprint density at radius 2 is 0.836 bits per heavy atom. The lowest BCUT2D eigenvalue weighted by Gasteiger charge is -2.41. The number of carbonyl (C=O) groups is 2. The summed E-state index contributed by atoms with van der Waals surface area (Å²) in [4.78, 5) is 35.9. The van der Waals surface area contributed by atoms with Crippen molar-refractivity contribution >= 4 is 19.5 Å². The maximum Gasteiger partial charge on any atom is 0.328 e. The fourth-order valence-corrected chi connectivity index (χ4v) is 8.47. The van der Waals surface area contributed by atoms with Gasteiger partial charge in [-0.1, -0.05) is 168 Å². The van der Waals surface area contributed by atoms with Gasteiger partial charge < -0.3 is 39.9 Å². The summed E-state index contributed by atoms with van der Waals surface area (Å²) in [5.41, 5.74) is 0. The Labute approximate surface area is 333 Å². The molecule has 0 spiro atoms. The van der Waals surface area contributed by atoms with Crippen LogP contribution >= 0.6 is 7.60 Å². The van der Waals surface area contributed by atoms with Crippen molar-refractivity contribution in [1.29, 1.82) is 0 Å². The lowest BCUT2D eigenvalue weighted by Crippen LogP contribution is -2.64. The molecule has 1 saturated carbocycles. The summed E-state index contributed by atoms with van der Waals surface area (Å²) in [5.74, 6) is -0.952. The minimum Gasteiger partial charge on any atom is -0.462 e. The Balaban J connectivity index is 2.48. The van der Waals surface area contributed by atoms with Crippen LogP contribution in [-0.2, 0) is 28.2 Å². The quantitative estimate of drug-likeness (QED) is 0.0202. The SMILES string of the molecule is CCCCCCCCCCCCCCCC(=O)OCC(CCP(=O)(O)OC1[C@@H](O)[C@H](O)C(O)[C@H](O)[C@@H]1O)OC(=O)CCCCCCCCCCCCCCC. The van der Waals surface area contributed by atoms with Crippen LogP contribution in [0.15, 0.2) is 0 Å². The molecule has 1 rings (SSSR count). The predicted octanol–water partition coefficient (Wildman–Crippen LogP) is 8.18. The van der Waals surface area contributed by atoms with Crippen LogP contribution in [0.3, 0.4) is 0 Å². The zero-order valence-electron chi connectivity index (χ0n) is 34.5. The van der Waals surface area contributed by atoms with E-state index in [1.807, 2.05) is 0 Å². The van der Waals surface area contributed by atoms with Crippen LogP contribution in [0, 0.1) is 0 Å². The van der Waals surface area contributed by atoms with Gasteiger partial charge in [0.25, 0.3) is 0 Å². The van der Waals surface area contributed by atoms with Gasteiger partial charge >= 0.3 is 19.5 Å². The number of aliphatic hydroxyl groups excluding tert-OH is 5. The minimum absolute atomic E-state index is 0.160. The van der Waals surface area contributed by atoms with Crippen molar-refractivity contribution in [3.05, 3.63) is 0 Å². The Hall–Kier alpha value is -1.11. The van der Waals surface area contributed by atoms with Crippen LogP contribution < -0.4 is 0 Å². The van der Waals surface area contributed by atoms with Gasteiger partial charge in [-0.15, -0.1) is 0 Å². The number of esters is 2. The highest BCUT2D eigenvalue weighted by molar-refractivity contribution is 7.52. The molecule has 13 heteroatoms. The van der Waals surface area contributed by atoms with E-state index in [-0.39, 0.29) is 25.9 Å². The summed E-state index contributed by atoms with van der Waals surface area (Å²) in [7, 11) is -4.60. The number of hydrogen-bond acceptors (Lipinski definition) is 11. The van der Waals surface area contributed by atoms with Crippen molar-refractivity contribution in [3.63, 3.8) is 0 Å². The standard InChI is InChI=1S/C42H81O12P/c1-3-5-7-9-11-13-15-17-19-21-23-25-27-29-35(43)52-33-34(31-32-55(50,51)54-42-40(48)38(46)37(45)39(47)41(42)49)53-36(44)30-28-26-24-22-20-18-16-14-12-10-8-6-4-2/h34,37-42,45-49H,3-33H2,1-2H3,(H,50,51)/t34?,37?,38-,39+,40-,41-,42?/m0/s1. The van der Waals surface area contributed by atoms with Crippen molar-refractivity contribution in [2.75, 3.05) is 12.8 Å². The number of hydrogen-bond donors (Lipinski definition) is 6. The average Bonchev–Trinajstić information content (AvgIpc) is 3.16.